The van der Waals surface area contributed by atoms with Gasteiger partial charge in [-0.3, -0.25) is 4.79 Å². The van der Waals surface area contributed by atoms with Crippen molar-refractivity contribution in [3.63, 3.8) is 0 Å². The Hall–Kier alpha value is -0.610. The summed E-state index contributed by atoms with van der Waals surface area (Å²) >= 11 is 0. The van der Waals surface area contributed by atoms with Crippen LogP contribution in [-0.2, 0) is 14.3 Å². The standard InChI is InChI=1S/C29H48O4/c1-8-25(3)13-9-14-26(4)21(25)12-15-27(5)22-11-10-19-20(17-32-29(19,7)31)28(22,6)24(16-23(26)27)33-18(2)30/h19-24,31H,8-17H2,1-7H3/t19-,20-,21+,22-,23-,24-,25-,26-,27-,28+,29-/m0/s1. The van der Waals surface area contributed by atoms with Gasteiger partial charge in [-0.25, -0.2) is 0 Å². The van der Waals surface area contributed by atoms with Gasteiger partial charge in [-0.2, -0.15) is 0 Å². The van der Waals surface area contributed by atoms with Gasteiger partial charge in [0.2, 0.25) is 0 Å². The number of aliphatic hydroxyl groups is 1. The minimum absolute atomic E-state index is 0.0891. The van der Waals surface area contributed by atoms with Crippen molar-refractivity contribution in [2.24, 2.45) is 51.2 Å². The maximum absolute atomic E-state index is 12.4. The molecule has 188 valence electrons. The van der Waals surface area contributed by atoms with Crippen molar-refractivity contribution in [1.82, 2.24) is 0 Å². The second-order valence-electron chi connectivity index (χ2n) is 13.9. The van der Waals surface area contributed by atoms with Crippen LogP contribution in [-0.4, -0.2) is 29.6 Å². The van der Waals surface area contributed by atoms with Gasteiger partial charge < -0.3 is 14.6 Å². The summed E-state index contributed by atoms with van der Waals surface area (Å²) in [5.74, 6) is 0.990. The van der Waals surface area contributed by atoms with Gasteiger partial charge in [0.15, 0.2) is 5.79 Å². The van der Waals surface area contributed by atoms with Gasteiger partial charge in [0.05, 0.1) is 6.61 Å². The lowest BCUT2D eigenvalue weighted by molar-refractivity contribution is -0.259. The molecule has 5 aliphatic rings. The van der Waals surface area contributed by atoms with Gasteiger partial charge in [-0.1, -0.05) is 47.5 Å². The Kier molecular flexibility index (Phi) is 5.44. The first-order valence-electron chi connectivity index (χ1n) is 13.9. The molecule has 4 heteroatoms. The molecule has 0 aromatic heterocycles. The maximum Gasteiger partial charge on any atom is 0.302 e. The number of fused-ring (bicyclic) bond motifs is 7. The summed E-state index contributed by atoms with van der Waals surface area (Å²) in [6, 6.07) is 0. The molecule has 33 heavy (non-hydrogen) atoms. The molecule has 0 radical (unpaired) electrons. The Morgan fingerprint density at radius 1 is 0.939 bits per heavy atom. The zero-order valence-corrected chi connectivity index (χ0v) is 22.2. The van der Waals surface area contributed by atoms with E-state index >= 15 is 0 Å². The van der Waals surface area contributed by atoms with E-state index in [-0.39, 0.29) is 34.7 Å². The van der Waals surface area contributed by atoms with Crippen molar-refractivity contribution in [2.75, 3.05) is 6.61 Å². The van der Waals surface area contributed by atoms with Crippen molar-refractivity contribution in [3.8, 4) is 0 Å². The third-order valence-corrected chi connectivity index (χ3v) is 12.8. The number of hydrogen-bond acceptors (Lipinski definition) is 4. The van der Waals surface area contributed by atoms with E-state index in [1.54, 1.807) is 6.92 Å². The minimum Gasteiger partial charge on any atom is -0.462 e. The molecule has 11 atom stereocenters. The molecule has 0 amide bonds. The molecule has 4 nitrogen and oxygen atoms in total. The molecule has 0 aromatic carbocycles. The molecule has 5 fully saturated rings. The number of carbonyl (C=O) groups is 1. The summed E-state index contributed by atoms with van der Waals surface area (Å²) in [5.41, 5.74) is 0.847. The smallest absolute Gasteiger partial charge is 0.302 e. The Labute approximate surface area is 201 Å². The lowest BCUT2D eigenvalue weighted by Gasteiger charge is -2.71. The van der Waals surface area contributed by atoms with Crippen molar-refractivity contribution in [2.45, 2.75) is 118 Å². The number of ether oxygens (including phenoxy) is 2. The van der Waals surface area contributed by atoms with Gasteiger partial charge in [-0.15, -0.1) is 0 Å². The van der Waals surface area contributed by atoms with Gasteiger partial charge in [-0.05, 0) is 91.8 Å². The Balaban J connectivity index is 1.59. The first-order chi connectivity index (χ1) is 15.3. The van der Waals surface area contributed by atoms with Crippen LogP contribution in [0.25, 0.3) is 0 Å². The van der Waals surface area contributed by atoms with Crippen LogP contribution < -0.4 is 0 Å². The largest absolute Gasteiger partial charge is 0.462 e. The zero-order chi connectivity index (χ0) is 24.0. The Morgan fingerprint density at radius 3 is 2.30 bits per heavy atom. The summed E-state index contributed by atoms with van der Waals surface area (Å²) in [7, 11) is 0. The maximum atomic E-state index is 12.4. The zero-order valence-electron chi connectivity index (χ0n) is 22.2. The molecule has 5 rings (SSSR count). The lowest BCUT2D eigenvalue weighted by atomic mass is 9.34. The summed E-state index contributed by atoms with van der Waals surface area (Å²) in [4.78, 5) is 12.4. The predicted octanol–water partition coefficient (Wildman–Crippen LogP) is 6.35. The third kappa shape index (κ3) is 3.11. The van der Waals surface area contributed by atoms with Gasteiger partial charge in [0.25, 0.3) is 0 Å². The van der Waals surface area contributed by atoms with E-state index in [9.17, 15) is 9.90 Å². The monoisotopic (exact) mass is 460 g/mol. The molecule has 0 unspecified atom stereocenters. The Bertz CT molecular complexity index is 807. The van der Waals surface area contributed by atoms with Gasteiger partial charge in [0, 0.05) is 18.3 Å². The highest BCUT2D eigenvalue weighted by Gasteiger charge is 2.71. The summed E-state index contributed by atoms with van der Waals surface area (Å²) in [5, 5.41) is 11.0. The molecule has 0 bridgehead atoms. The average Bonchev–Trinajstić information content (AvgIpc) is 3.04. The van der Waals surface area contributed by atoms with E-state index in [4.69, 9.17) is 9.47 Å². The predicted molar refractivity (Wildman–Crippen MR) is 129 cm³/mol. The second kappa shape index (κ2) is 7.45. The average molecular weight is 461 g/mol. The molecule has 0 aromatic rings. The fourth-order valence-corrected chi connectivity index (χ4v) is 11.1. The normalized spacial score (nSPS) is 57.9. The molecule has 4 aliphatic carbocycles. The van der Waals surface area contributed by atoms with Crippen molar-refractivity contribution < 1.29 is 19.4 Å². The van der Waals surface area contributed by atoms with Crippen LogP contribution in [0.3, 0.4) is 0 Å². The van der Waals surface area contributed by atoms with Gasteiger partial charge in [0.1, 0.15) is 6.10 Å². The third-order valence-electron chi connectivity index (χ3n) is 12.8. The van der Waals surface area contributed by atoms with E-state index in [1.165, 1.54) is 38.5 Å². The van der Waals surface area contributed by atoms with Crippen molar-refractivity contribution in [3.05, 3.63) is 0 Å². The van der Waals surface area contributed by atoms with Crippen LogP contribution >= 0.6 is 0 Å². The van der Waals surface area contributed by atoms with Crippen LogP contribution in [0, 0.1) is 51.2 Å². The van der Waals surface area contributed by atoms with Crippen molar-refractivity contribution in [1.29, 1.82) is 0 Å². The second-order valence-corrected chi connectivity index (χ2v) is 13.9. The molecule has 1 heterocycles. The first kappa shape index (κ1) is 24.1. The van der Waals surface area contributed by atoms with Crippen LogP contribution in [0.2, 0.25) is 0 Å². The van der Waals surface area contributed by atoms with E-state index in [0.717, 1.165) is 25.2 Å². The number of carbonyl (C=O) groups excluding carboxylic acids is 1. The molecular weight excluding hydrogens is 412 g/mol. The fraction of sp³-hybridized carbons (Fsp3) is 0.966. The lowest BCUT2D eigenvalue weighted by Crippen LogP contribution is -2.68. The highest BCUT2D eigenvalue weighted by atomic mass is 16.6. The van der Waals surface area contributed by atoms with Crippen LogP contribution in [0.4, 0.5) is 0 Å². The number of hydrogen-bond donors (Lipinski definition) is 1. The van der Waals surface area contributed by atoms with Crippen molar-refractivity contribution >= 4 is 5.97 Å². The van der Waals surface area contributed by atoms with E-state index in [1.807, 2.05) is 6.92 Å². The van der Waals surface area contributed by atoms with E-state index in [0.29, 0.717) is 29.3 Å². The highest BCUT2D eigenvalue weighted by molar-refractivity contribution is 5.66. The van der Waals surface area contributed by atoms with E-state index < -0.39 is 5.79 Å². The number of esters is 1. The molecule has 0 spiro atoms. The summed E-state index contributed by atoms with van der Waals surface area (Å²) < 4.78 is 12.2. The molecule has 1 N–H and O–H groups in total. The minimum atomic E-state index is -1.06. The van der Waals surface area contributed by atoms with E-state index in [2.05, 4.69) is 34.6 Å². The Morgan fingerprint density at radius 2 is 1.64 bits per heavy atom. The molecule has 1 aliphatic heterocycles. The van der Waals surface area contributed by atoms with Crippen LogP contribution in [0.5, 0.6) is 0 Å². The highest BCUT2D eigenvalue weighted by Crippen LogP contribution is 2.75. The summed E-state index contributed by atoms with van der Waals surface area (Å²) in [6.07, 6.45) is 10.9. The summed E-state index contributed by atoms with van der Waals surface area (Å²) in [6.45, 7) is 16.5. The first-order valence-corrected chi connectivity index (χ1v) is 13.9. The van der Waals surface area contributed by atoms with Crippen LogP contribution in [0.15, 0.2) is 0 Å². The SMILES string of the molecule is CC[C@@]1(C)CCC[C@]2(C)[C@@H]3C[C@H](OC(C)=O)[C@]4(C)[C@H]5CO[C@](C)(O)[C@H]5CC[C@H]4[C@]3(C)CC[C@H]12. The fourth-order valence-electron chi connectivity index (χ4n) is 11.1. The number of rotatable bonds is 2. The topological polar surface area (TPSA) is 55.8 Å². The quantitative estimate of drug-likeness (QED) is 0.488. The molecule has 4 saturated carbocycles. The van der Waals surface area contributed by atoms with Crippen LogP contribution in [0.1, 0.15) is 106 Å². The molecular formula is C29H48O4. The molecule has 1 saturated heterocycles. The van der Waals surface area contributed by atoms with Gasteiger partial charge >= 0.3 is 5.97 Å².